The summed E-state index contributed by atoms with van der Waals surface area (Å²) in [5, 5.41) is 0. The fourth-order valence-corrected chi connectivity index (χ4v) is 11.9. The molecule has 0 amide bonds. The van der Waals surface area contributed by atoms with Crippen molar-refractivity contribution in [3.8, 4) is 0 Å². The Labute approximate surface area is 293 Å². The van der Waals surface area contributed by atoms with Crippen molar-refractivity contribution >= 4 is 0 Å². The van der Waals surface area contributed by atoms with E-state index in [2.05, 4.69) is 23.6 Å². The van der Waals surface area contributed by atoms with Gasteiger partial charge >= 0.3 is 6.18 Å². The third kappa shape index (κ3) is 5.29. The topological polar surface area (TPSA) is 80.3 Å². The van der Waals surface area contributed by atoms with Crippen LogP contribution in [-0.4, -0.2) is 103 Å². The fourth-order valence-electron chi connectivity index (χ4n) is 11.9. The number of piperazine rings is 1. The largest absolute Gasteiger partial charge is 0.456 e. The molecule has 8 aliphatic heterocycles. The molecule has 13 heteroatoms. The van der Waals surface area contributed by atoms with Crippen molar-refractivity contribution in [2.75, 3.05) is 45.9 Å². The van der Waals surface area contributed by atoms with Crippen LogP contribution in [0, 0.1) is 35.5 Å². The Kier molecular flexibility index (Phi) is 8.15. The molecule has 9 fully saturated rings. The maximum atomic E-state index is 14.6. The van der Waals surface area contributed by atoms with E-state index in [-0.39, 0.29) is 24.3 Å². The fraction of sp³-hybridized carbons (Fsp3) is 0.946. The van der Waals surface area contributed by atoms with Crippen molar-refractivity contribution in [1.82, 2.24) is 9.80 Å². The number of ether oxygens (including phenoxy) is 6. The van der Waals surface area contributed by atoms with Crippen LogP contribution in [0.2, 0.25) is 0 Å². The number of rotatable bonds is 6. The molecule has 8 heterocycles. The summed E-state index contributed by atoms with van der Waals surface area (Å²) in [7, 11) is 0. The van der Waals surface area contributed by atoms with Gasteiger partial charge in [-0.3, -0.25) is 9.80 Å². The molecule has 2 spiro atoms. The first-order chi connectivity index (χ1) is 23.7. The van der Waals surface area contributed by atoms with Gasteiger partial charge in [0.25, 0.3) is 0 Å². The lowest BCUT2D eigenvalue weighted by Crippen LogP contribution is -2.70. The van der Waals surface area contributed by atoms with Gasteiger partial charge in [-0.05, 0) is 88.5 Å². The molecular weight excluding hydrogens is 657 g/mol. The Hall–Kier alpha value is -1.03. The molecule has 0 aromatic heterocycles. The van der Waals surface area contributed by atoms with E-state index < -0.39 is 53.1 Å². The van der Waals surface area contributed by atoms with Crippen molar-refractivity contribution in [2.45, 2.75) is 140 Å². The number of nitrogens with zero attached hydrogens (tertiary/aromatic N) is 2. The Morgan fingerprint density at radius 2 is 1.42 bits per heavy atom. The zero-order valence-corrected chi connectivity index (χ0v) is 30.2. The highest BCUT2D eigenvalue weighted by atomic mass is 19.4. The van der Waals surface area contributed by atoms with Gasteiger partial charge in [0, 0.05) is 70.4 Å². The van der Waals surface area contributed by atoms with Gasteiger partial charge < -0.3 is 28.4 Å². The van der Waals surface area contributed by atoms with Crippen LogP contribution in [0.25, 0.3) is 0 Å². The molecular formula is C37H55F3N2O8. The maximum Gasteiger partial charge on any atom is 0.449 e. The van der Waals surface area contributed by atoms with Crippen LogP contribution in [0.15, 0.2) is 11.3 Å². The molecule has 7 saturated heterocycles. The number of fused-ring (bicyclic) bond motifs is 3. The van der Waals surface area contributed by atoms with E-state index in [0.717, 1.165) is 51.6 Å². The quantitative estimate of drug-likeness (QED) is 0.302. The van der Waals surface area contributed by atoms with Gasteiger partial charge in [-0.15, -0.1) is 0 Å². The third-order valence-corrected chi connectivity index (χ3v) is 14.5. The van der Waals surface area contributed by atoms with Gasteiger partial charge in [0.2, 0.25) is 17.8 Å². The second kappa shape index (κ2) is 11.7. The van der Waals surface area contributed by atoms with Crippen LogP contribution < -0.4 is 0 Å². The molecule has 4 bridgehead atoms. The maximum absolute atomic E-state index is 14.6. The molecule has 2 saturated carbocycles. The summed E-state index contributed by atoms with van der Waals surface area (Å²) in [6.07, 6.45) is 1.52. The van der Waals surface area contributed by atoms with Crippen molar-refractivity contribution < 1.29 is 51.4 Å². The highest BCUT2D eigenvalue weighted by Crippen LogP contribution is 2.64. The predicted molar refractivity (Wildman–Crippen MR) is 172 cm³/mol. The first-order valence-electron chi connectivity index (χ1n) is 19.3. The van der Waals surface area contributed by atoms with Gasteiger partial charge in [0.1, 0.15) is 5.60 Å². The summed E-state index contributed by atoms with van der Waals surface area (Å²) < 4.78 is 82.3. The summed E-state index contributed by atoms with van der Waals surface area (Å²) in [6.45, 7) is 14.5. The Balaban J connectivity index is 0.838. The predicted octanol–water partition coefficient (Wildman–Crippen LogP) is 6.10. The average molecular weight is 713 g/mol. The minimum atomic E-state index is -4.60. The van der Waals surface area contributed by atoms with Crippen LogP contribution in [0.1, 0.15) is 92.4 Å². The molecule has 0 N–H and O–H groups in total. The van der Waals surface area contributed by atoms with E-state index in [1.54, 1.807) is 0 Å². The Morgan fingerprint density at radius 1 is 0.760 bits per heavy atom. The highest BCUT2D eigenvalue weighted by Gasteiger charge is 2.73. The van der Waals surface area contributed by atoms with E-state index in [9.17, 15) is 13.2 Å². The first-order valence-corrected chi connectivity index (χ1v) is 19.3. The second-order valence-corrected chi connectivity index (χ2v) is 17.7. The van der Waals surface area contributed by atoms with E-state index in [0.29, 0.717) is 68.8 Å². The standard InChI is InChI=1S/C37H55F3N2O8/c1-22-6-8-24-20-34(5,47-31-35(24)26(22)11-13-33(4,46-31)49-50-35)43-19-18-41-14-16-42(17-15-41)21-25-28-9-7-23(2)27-10-12-32(3)45-30(36(27,28)48-32)44-29(25)37(38,39)40/h22-24,26-28,30-31H,6-21H2,1-5H3/t22-,23-,24+,26?,27?,28+,30-,31+,32+,33+,34+,35+,36-/m1/s1. The summed E-state index contributed by atoms with van der Waals surface area (Å²) in [5.74, 6) is -2.31. The number of alkyl halides is 3. The van der Waals surface area contributed by atoms with Gasteiger partial charge in [-0.2, -0.15) is 13.2 Å². The lowest BCUT2D eigenvalue weighted by Gasteiger charge is -2.60. The van der Waals surface area contributed by atoms with Gasteiger partial charge in [0.05, 0.1) is 6.61 Å². The molecule has 13 atom stereocenters. The van der Waals surface area contributed by atoms with Crippen molar-refractivity contribution in [1.29, 1.82) is 0 Å². The minimum absolute atomic E-state index is 0.111. The molecule has 2 aliphatic carbocycles. The summed E-state index contributed by atoms with van der Waals surface area (Å²) in [6, 6.07) is 0. The van der Waals surface area contributed by atoms with Crippen LogP contribution in [0.4, 0.5) is 13.2 Å². The van der Waals surface area contributed by atoms with Gasteiger partial charge in [0.15, 0.2) is 23.5 Å². The SMILES string of the molecule is C[C@@H]1CC[C@H]2C[C@@](C)(OCCN3CCN(CC4=C(C(F)(F)F)O[C@@H]5O[C@]6(C)CCC7[C@H](C)CC[C@@H]4[C@]75O6)CC3)O[C@@H]3O[C@]4(C)CCC1[C@@]23OO4. The van der Waals surface area contributed by atoms with E-state index in [1.165, 1.54) is 0 Å². The van der Waals surface area contributed by atoms with E-state index >= 15 is 0 Å². The van der Waals surface area contributed by atoms with Gasteiger partial charge in [-0.25, -0.2) is 9.78 Å². The number of allylic oxidation sites excluding steroid dienone is 1. The summed E-state index contributed by atoms with van der Waals surface area (Å²) >= 11 is 0. The third-order valence-electron chi connectivity index (χ3n) is 14.5. The lowest BCUT2D eigenvalue weighted by atomic mass is 9.58. The summed E-state index contributed by atoms with van der Waals surface area (Å²) in [4.78, 5) is 16.6. The first kappa shape index (κ1) is 34.7. The van der Waals surface area contributed by atoms with E-state index in [4.69, 9.17) is 38.2 Å². The van der Waals surface area contributed by atoms with Crippen LogP contribution in [0.3, 0.4) is 0 Å². The van der Waals surface area contributed by atoms with Crippen molar-refractivity contribution in [2.24, 2.45) is 35.5 Å². The monoisotopic (exact) mass is 712 g/mol. The normalized spacial score (nSPS) is 51.9. The second-order valence-electron chi connectivity index (χ2n) is 17.7. The molecule has 50 heavy (non-hydrogen) atoms. The molecule has 0 aromatic carbocycles. The average Bonchev–Trinajstić information content (AvgIpc) is 3.13. The molecule has 282 valence electrons. The highest BCUT2D eigenvalue weighted by molar-refractivity contribution is 5.30. The Bertz CT molecular complexity index is 1370. The lowest BCUT2D eigenvalue weighted by molar-refractivity contribution is -0.580. The smallest absolute Gasteiger partial charge is 0.449 e. The summed E-state index contributed by atoms with van der Waals surface area (Å²) in [5.41, 5.74) is -1.13. The molecule has 10 aliphatic rings. The van der Waals surface area contributed by atoms with Crippen LogP contribution >= 0.6 is 0 Å². The molecule has 2 unspecified atom stereocenters. The van der Waals surface area contributed by atoms with Gasteiger partial charge in [-0.1, -0.05) is 13.8 Å². The van der Waals surface area contributed by atoms with Crippen LogP contribution in [-0.2, 0) is 38.2 Å². The van der Waals surface area contributed by atoms with Crippen molar-refractivity contribution in [3.05, 3.63) is 11.3 Å². The zero-order chi connectivity index (χ0) is 34.9. The number of hydrogen-bond donors (Lipinski definition) is 0. The number of halogens is 3. The molecule has 10 nitrogen and oxygen atoms in total. The van der Waals surface area contributed by atoms with Crippen molar-refractivity contribution in [3.63, 3.8) is 0 Å². The molecule has 0 aromatic rings. The van der Waals surface area contributed by atoms with E-state index in [1.807, 2.05) is 20.8 Å². The molecule has 10 rings (SSSR count). The molecule has 0 radical (unpaired) electrons. The zero-order valence-electron chi connectivity index (χ0n) is 30.2. The minimum Gasteiger partial charge on any atom is -0.456 e. The number of hydrogen-bond acceptors (Lipinski definition) is 10. The van der Waals surface area contributed by atoms with Crippen LogP contribution in [0.5, 0.6) is 0 Å². The Morgan fingerprint density at radius 3 is 2.16 bits per heavy atom.